The Hall–Kier alpha value is -4.88. The van der Waals surface area contributed by atoms with E-state index in [1.165, 1.54) is 48.5 Å². The summed E-state index contributed by atoms with van der Waals surface area (Å²) in [7, 11) is 0. The molecule has 0 saturated carbocycles. The molecule has 0 amide bonds. The number of phenolic OH excluding ortho intramolecular Hbond substituents is 2. The van der Waals surface area contributed by atoms with Crippen molar-refractivity contribution in [2.45, 2.75) is 24.6 Å². The fraction of sp³-hybridized carbons (Fsp3) is 0.172. The lowest BCUT2D eigenvalue weighted by Crippen LogP contribution is -2.54. The average molecular weight is 564 g/mol. The van der Waals surface area contributed by atoms with E-state index < -0.39 is 47.5 Å². The molecule has 4 aromatic rings. The van der Waals surface area contributed by atoms with E-state index in [9.17, 15) is 40.2 Å². The SMILES string of the molecule is O=C(C=Cc1ccc(O)cc1)Oc1cc(O)c2c(=O)c(O)c(-c3ccc(OC4OCC(O)C(O)C4O)cc3)oc2c1. The summed E-state index contributed by atoms with van der Waals surface area (Å²) in [5, 5.41) is 59.4. The van der Waals surface area contributed by atoms with Gasteiger partial charge in [-0.2, -0.15) is 0 Å². The quantitative estimate of drug-likeness (QED) is 0.113. The normalized spacial score (nSPS) is 20.8. The number of aliphatic hydroxyl groups excluding tert-OH is 3. The van der Waals surface area contributed by atoms with Crippen LogP contribution in [-0.4, -0.2) is 67.8 Å². The van der Waals surface area contributed by atoms with Gasteiger partial charge in [0.1, 0.15) is 52.3 Å². The van der Waals surface area contributed by atoms with E-state index in [-0.39, 0.29) is 46.1 Å². The van der Waals surface area contributed by atoms with Gasteiger partial charge in [0.05, 0.1) is 6.61 Å². The number of hydrogen-bond donors (Lipinski definition) is 6. The van der Waals surface area contributed by atoms with Crippen LogP contribution in [0.5, 0.6) is 28.7 Å². The summed E-state index contributed by atoms with van der Waals surface area (Å²) in [6.45, 7) is -0.240. The van der Waals surface area contributed by atoms with Gasteiger partial charge in [0, 0.05) is 23.8 Å². The number of carbonyl (C=O) groups is 1. The molecule has 12 heteroatoms. The maximum atomic E-state index is 12.9. The number of esters is 1. The van der Waals surface area contributed by atoms with Gasteiger partial charge >= 0.3 is 5.97 Å². The lowest BCUT2D eigenvalue weighted by Gasteiger charge is -2.34. The molecule has 1 saturated heterocycles. The molecule has 0 aliphatic carbocycles. The van der Waals surface area contributed by atoms with Crippen molar-refractivity contribution >= 4 is 23.0 Å². The van der Waals surface area contributed by atoms with Crippen LogP contribution < -0.4 is 14.9 Å². The van der Waals surface area contributed by atoms with Crippen LogP contribution in [0.3, 0.4) is 0 Å². The van der Waals surface area contributed by atoms with Crippen molar-refractivity contribution in [2.24, 2.45) is 0 Å². The second kappa shape index (κ2) is 11.3. The molecule has 0 spiro atoms. The zero-order valence-corrected chi connectivity index (χ0v) is 21.1. The van der Waals surface area contributed by atoms with E-state index in [1.807, 2.05) is 0 Å². The van der Waals surface area contributed by atoms with Crippen LogP contribution in [0.1, 0.15) is 5.56 Å². The monoisotopic (exact) mass is 564 g/mol. The highest BCUT2D eigenvalue weighted by molar-refractivity contribution is 5.91. The first-order chi connectivity index (χ1) is 19.6. The first kappa shape index (κ1) is 27.7. The third kappa shape index (κ3) is 5.85. The summed E-state index contributed by atoms with van der Waals surface area (Å²) in [5.41, 5.74) is -0.217. The molecule has 1 aliphatic rings. The molecule has 41 heavy (non-hydrogen) atoms. The van der Waals surface area contributed by atoms with Crippen LogP contribution in [0, 0.1) is 0 Å². The van der Waals surface area contributed by atoms with Crippen LogP contribution in [-0.2, 0) is 9.53 Å². The zero-order valence-electron chi connectivity index (χ0n) is 21.1. The molecule has 0 bridgehead atoms. The van der Waals surface area contributed by atoms with Gasteiger partial charge in [0.25, 0.3) is 0 Å². The number of ether oxygens (including phenoxy) is 3. The zero-order chi connectivity index (χ0) is 29.3. The number of aromatic hydroxyl groups is 3. The number of benzene rings is 3. The number of rotatable bonds is 6. The van der Waals surface area contributed by atoms with E-state index in [2.05, 4.69) is 0 Å². The molecular weight excluding hydrogens is 540 g/mol. The largest absolute Gasteiger partial charge is 0.508 e. The summed E-state index contributed by atoms with van der Waals surface area (Å²) < 4.78 is 21.7. The smallest absolute Gasteiger partial charge is 0.336 e. The molecule has 0 radical (unpaired) electrons. The molecule has 1 fully saturated rings. The second-order valence-electron chi connectivity index (χ2n) is 9.16. The Labute approximate surface area is 231 Å². The Morgan fingerprint density at radius 3 is 2.32 bits per heavy atom. The van der Waals surface area contributed by atoms with Gasteiger partial charge in [-0.1, -0.05) is 12.1 Å². The van der Waals surface area contributed by atoms with Crippen LogP contribution in [0.25, 0.3) is 28.4 Å². The fourth-order valence-corrected chi connectivity index (χ4v) is 4.12. The van der Waals surface area contributed by atoms with Gasteiger partial charge in [0.15, 0.2) is 5.76 Å². The minimum absolute atomic E-state index is 0.0729. The third-order valence-electron chi connectivity index (χ3n) is 6.27. The standard InChI is InChI=1S/C29H24O12/c30-16-6-1-14(2-7-16)3-10-22(33)39-18-11-19(31)23-21(12-18)41-28(26(36)25(23)35)15-4-8-17(9-5-15)40-29-27(37)24(34)20(32)13-38-29/h1-12,20,24,27,29-32,34,36-37H,13H2. The van der Waals surface area contributed by atoms with E-state index in [0.29, 0.717) is 5.56 Å². The van der Waals surface area contributed by atoms with Crippen LogP contribution in [0.2, 0.25) is 0 Å². The maximum Gasteiger partial charge on any atom is 0.336 e. The van der Waals surface area contributed by atoms with Gasteiger partial charge < -0.3 is 49.3 Å². The number of aliphatic hydroxyl groups is 3. The molecule has 1 aliphatic heterocycles. The first-order valence-electron chi connectivity index (χ1n) is 12.3. The Morgan fingerprint density at radius 1 is 0.902 bits per heavy atom. The summed E-state index contributed by atoms with van der Waals surface area (Å²) in [6, 6.07) is 14.1. The second-order valence-corrected chi connectivity index (χ2v) is 9.16. The molecule has 4 unspecified atom stereocenters. The van der Waals surface area contributed by atoms with Crippen LogP contribution >= 0.6 is 0 Å². The lowest BCUT2D eigenvalue weighted by atomic mass is 10.1. The third-order valence-corrected chi connectivity index (χ3v) is 6.27. The van der Waals surface area contributed by atoms with Gasteiger partial charge in [0.2, 0.25) is 17.5 Å². The molecule has 5 rings (SSSR count). The summed E-state index contributed by atoms with van der Waals surface area (Å²) >= 11 is 0. The number of fused-ring (bicyclic) bond motifs is 1. The van der Waals surface area contributed by atoms with Crippen molar-refractivity contribution in [3.63, 3.8) is 0 Å². The molecule has 4 atom stereocenters. The number of carbonyl (C=O) groups excluding carboxylic acids is 1. The van der Waals surface area contributed by atoms with Gasteiger partial charge in [-0.15, -0.1) is 0 Å². The lowest BCUT2D eigenvalue weighted by molar-refractivity contribution is -0.242. The highest BCUT2D eigenvalue weighted by Gasteiger charge is 2.39. The van der Waals surface area contributed by atoms with Gasteiger partial charge in [-0.05, 0) is 48.0 Å². The topological polar surface area (TPSA) is 196 Å². The molecule has 6 N–H and O–H groups in total. The van der Waals surface area contributed by atoms with E-state index in [4.69, 9.17) is 18.6 Å². The minimum Gasteiger partial charge on any atom is -0.508 e. The molecular formula is C29H24O12. The number of hydrogen-bond acceptors (Lipinski definition) is 12. The Balaban J connectivity index is 1.38. The van der Waals surface area contributed by atoms with E-state index >= 15 is 0 Å². The van der Waals surface area contributed by atoms with E-state index in [1.54, 1.807) is 12.1 Å². The van der Waals surface area contributed by atoms with Crippen molar-refractivity contribution in [3.05, 3.63) is 82.5 Å². The Kier molecular flexibility index (Phi) is 7.64. The predicted octanol–water partition coefficient (Wildman–Crippen LogP) is 2.01. The van der Waals surface area contributed by atoms with Crippen molar-refractivity contribution in [1.82, 2.24) is 0 Å². The fourth-order valence-electron chi connectivity index (χ4n) is 4.12. The van der Waals surface area contributed by atoms with Crippen LogP contribution in [0.4, 0.5) is 0 Å². The highest BCUT2D eigenvalue weighted by atomic mass is 16.7. The Morgan fingerprint density at radius 2 is 1.61 bits per heavy atom. The predicted molar refractivity (Wildman–Crippen MR) is 142 cm³/mol. The van der Waals surface area contributed by atoms with Crippen molar-refractivity contribution in [1.29, 1.82) is 0 Å². The summed E-state index contributed by atoms with van der Waals surface area (Å²) in [4.78, 5) is 25.2. The van der Waals surface area contributed by atoms with Crippen molar-refractivity contribution in [3.8, 4) is 40.1 Å². The molecule has 212 valence electrons. The molecule has 12 nitrogen and oxygen atoms in total. The summed E-state index contributed by atoms with van der Waals surface area (Å²) in [5.74, 6) is -2.23. The van der Waals surface area contributed by atoms with Gasteiger partial charge in [-0.25, -0.2) is 4.79 Å². The molecule has 2 heterocycles. The minimum atomic E-state index is -1.50. The molecule has 3 aromatic carbocycles. The first-order valence-corrected chi connectivity index (χ1v) is 12.3. The maximum absolute atomic E-state index is 12.9. The molecule has 1 aromatic heterocycles. The van der Waals surface area contributed by atoms with E-state index in [0.717, 1.165) is 12.1 Å². The van der Waals surface area contributed by atoms with Crippen molar-refractivity contribution < 1.29 is 54.1 Å². The summed E-state index contributed by atoms with van der Waals surface area (Å²) in [6.07, 6.45) is -2.86. The average Bonchev–Trinajstić information content (AvgIpc) is 2.95. The van der Waals surface area contributed by atoms with Crippen molar-refractivity contribution in [2.75, 3.05) is 6.61 Å². The number of phenols is 2. The highest BCUT2D eigenvalue weighted by Crippen LogP contribution is 2.36. The van der Waals surface area contributed by atoms with Gasteiger partial charge in [-0.3, -0.25) is 4.79 Å². The van der Waals surface area contributed by atoms with Crippen LogP contribution in [0.15, 0.2) is 76.0 Å². The Bertz CT molecular complexity index is 1660.